The van der Waals surface area contributed by atoms with Crippen molar-refractivity contribution < 1.29 is 4.79 Å². The fraction of sp³-hybridized carbons (Fsp3) is 0.417. The maximum atomic E-state index is 11.7. The van der Waals surface area contributed by atoms with E-state index in [0.717, 1.165) is 5.56 Å². The van der Waals surface area contributed by atoms with E-state index in [1.165, 1.54) is 0 Å². The number of hydrogen-bond acceptors (Lipinski definition) is 2. The molecular formula is C12H18N2O. The Bertz CT molecular complexity index is 330. The maximum Gasteiger partial charge on any atom is 0.252 e. The number of nitrogens with two attached hydrogens (primary N) is 1. The third kappa shape index (κ3) is 3.36. The summed E-state index contributed by atoms with van der Waals surface area (Å²) in [6.07, 6.45) is -0.293. The van der Waals surface area contributed by atoms with Crippen LogP contribution in [0.1, 0.15) is 29.8 Å². The molecule has 0 aliphatic rings. The van der Waals surface area contributed by atoms with E-state index >= 15 is 0 Å². The van der Waals surface area contributed by atoms with Gasteiger partial charge in [0.15, 0.2) is 0 Å². The van der Waals surface area contributed by atoms with Crippen LogP contribution < -0.4 is 11.1 Å². The number of benzene rings is 1. The Balaban J connectivity index is 2.65. The van der Waals surface area contributed by atoms with Gasteiger partial charge in [0.2, 0.25) is 0 Å². The molecule has 3 heteroatoms. The van der Waals surface area contributed by atoms with Crippen molar-refractivity contribution in [3.05, 3.63) is 35.4 Å². The molecule has 0 saturated carbocycles. The lowest BCUT2D eigenvalue weighted by molar-refractivity contribution is 0.0927. The molecule has 3 nitrogen and oxygen atoms in total. The molecule has 1 amide bonds. The summed E-state index contributed by atoms with van der Waals surface area (Å²) < 4.78 is 0. The lowest BCUT2D eigenvalue weighted by atomic mass is 10.1. The smallest absolute Gasteiger partial charge is 0.252 e. The number of rotatable bonds is 3. The molecule has 1 atom stereocenters. The minimum atomic E-state index is -0.293. The zero-order chi connectivity index (χ0) is 11.4. The first-order valence-corrected chi connectivity index (χ1v) is 5.14. The number of hydrogen-bond donors (Lipinski definition) is 2. The molecule has 82 valence electrons. The Morgan fingerprint density at radius 1 is 1.27 bits per heavy atom. The topological polar surface area (TPSA) is 55.1 Å². The number of nitrogens with one attached hydrogen (secondary N) is 1. The van der Waals surface area contributed by atoms with E-state index in [1.807, 2.05) is 32.9 Å². The molecule has 0 saturated heterocycles. The highest BCUT2D eigenvalue weighted by molar-refractivity contribution is 5.94. The molecule has 0 aliphatic heterocycles. The van der Waals surface area contributed by atoms with E-state index in [-0.39, 0.29) is 18.0 Å². The number of aryl methyl sites for hydroxylation is 1. The predicted octanol–water partition coefficient (Wildman–Crippen LogP) is 1.67. The Labute approximate surface area is 90.7 Å². The molecule has 0 radical (unpaired) electrons. The van der Waals surface area contributed by atoms with Gasteiger partial charge in [0.05, 0.1) is 6.17 Å². The summed E-state index contributed by atoms with van der Waals surface area (Å²) in [5.41, 5.74) is 7.54. The summed E-state index contributed by atoms with van der Waals surface area (Å²) in [6, 6.07) is 7.43. The number of amides is 1. The first-order chi connectivity index (χ1) is 7.00. The predicted molar refractivity (Wildman–Crippen MR) is 61.5 cm³/mol. The number of carbonyl (C=O) groups is 1. The second kappa shape index (κ2) is 4.94. The van der Waals surface area contributed by atoms with Crippen molar-refractivity contribution in [1.82, 2.24) is 5.32 Å². The zero-order valence-electron chi connectivity index (χ0n) is 9.45. The molecule has 0 heterocycles. The molecule has 1 aromatic rings. The van der Waals surface area contributed by atoms with Crippen LogP contribution >= 0.6 is 0 Å². The van der Waals surface area contributed by atoms with Crippen LogP contribution in [0.15, 0.2) is 24.3 Å². The number of carbonyl (C=O) groups excluding carboxylic acids is 1. The van der Waals surface area contributed by atoms with Gasteiger partial charge in [0.1, 0.15) is 0 Å². The molecule has 15 heavy (non-hydrogen) atoms. The highest BCUT2D eigenvalue weighted by atomic mass is 16.1. The van der Waals surface area contributed by atoms with Gasteiger partial charge >= 0.3 is 0 Å². The van der Waals surface area contributed by atoms with Gasteiger partial charge in [-0.3, -0.25) is 4.79 Å². The van der Waals surface area contributed by atoms with Crippen LogP contribution in [-0.2, 0) is 0 Å². The molecule has 0 spiro atoms. The summed E-state index contributed by atoms with van der Waals surface area (Å²) in [6.45, 7) is 5.93. The highest BCUT2D eigenvalue weighted by Gasteiger charge is 2.12. The van der Waals surface area contributed by atoms with Gasteiger partial charge < -0.3 is 11.1 Å². The van der Waals surface area contributed by atoms with E-state index in [4.69, 9.17) is 5.73 Å². The average molecular weight is 206 g/mol. The lowest BCUT2D eigenvalue weighted by Gasteiger charge is -2.17. The second-order valence-electron chi connectivity index (χ2n) is 4.11. The molecular weight excluding hydrogens is 188 g/mol. The van der Waals surface area contributed by atoms with Gasteiger partial charge in [0, 0.05) is 5.56 Å². The van der Waals surface area contributed by atoms with E-state index in [9.17, 15) is 4.79 Å². The minimum Gasteiger partial charge on any atom is -0.337 e. The molecule has 0 unspecified atom stereocenters. The van der Waals surface area contributed by atoms with Gasteiger partial charge in [0.25, 0.3) is 5.91 Å². The molecule has 1 aromatic carbocycles. The van der Waals surface area contributed by atoms with Crippen molar-refractivity contribution in [2.24, 2.45) is 11.7 Å². The maximum absolute atomic E-state index is 11.7. The van der Waals surface area contributed by atoms with Crippen LogP contribution in [0.4, 0.5) is 0 Å². The fourth-order valence-corrected chi connectivity index (χ4v) is 1.11. The van der Waals surface area contributed by atoms with Crippen molar-refractivity contribution in [2.45, 2.75) is 26.9 Å². The van der Waals surface area contributed by atoms with Crippen molar-refractivity contribution in [3.63, 3.8) is 0 Å². The van der Waals surface area contributed by atoms with Crippen molar-refractivity contribution in [3.8, 4) is 0 Å². The van der Waals surface area contributed by atoms with Crippen molar-refractivity contribution >= 4 is 5.91 Å². The molecule has 0 bridgehead atoms. The summed E-state index contributed by atoms with van der Waals surface area (Å²) in [7, 11) is 0. The SMILES string of the molecule is Cc1ccc(C(=O)N[C@H](N)C(C)C)cc1. The van der Waals surface area contributed by atoms with Crippen LogP contribution in [0, 0.1) is 12.8 Å². The second-order valence-corrected chi connectivity index (χ2v) is 4.11. The quantitative estimate of drug-likeness (QED) is 0.739. The average Bonchev–Trinajstić information content (AvgIpc) is 2.18. The monoisotopic (exact) mass is 206 g/mol. The summed E-state index contributed by atoms with van der Waals surface area (Å²) in [5.74, 6) is 0.121. The van der Waals surface area contributed by atoms with Gasteiger partial charge in [-0.25, -0.2) is 0 Å². The van der Waals surface area contributed by atoms with E-state index in [2.05, 4.69) is 5.32 Å². The largest absolute Gasteiger partial charge is 0.337 e. The lowest BCUT2D eigenvalue weighted by Crippen LogP contribution is -2.45. The molecule has 1 rings (SSSR count). The summed E-state index contributed by atoms with van der Waals surface area (Å²) in [5, 5.41) is 2.75. The van der Waals surface area contributed by atoms with Crippen LogP contribution in [0.25, 0.3) is 0 Å². The Morgan fingerprint density at radius 3 is 2.27 bits per heavy atom. The first kappa shape index (κ1) is 11.7. The zero-order valence-corrected chi connectivity index (χ0v) is 9.45. The normalized spacial score (nSPS) is 12.6. The van der Waals surface area contributed by atoms with Gasteiger partial charge in [-0.15, -0.1) is 0 Å². The van der Waals surface area contributed by atoms with Gasteiger partial charge in [-0.05, 0) is 25.0 Å². The van der Waals surface area contributed by atoms with Crippen LogP contribution in [0.3, 0.4) is 0 Å². The van der Waals surface area contributed by atoms with Crippen molar-refractivity contribution in [1.29, 1.82) is 0 Å². The fourth-order valence-electron chi connectivity index (χ4n) is 1.11. The highest BCUT2D eigenvalue weighted by Crippen LogP contribution is 2.04. The third-order valence-corrected chi connectivity index (χ3v) is 2.33. The first-order valence-electron chi connectivity index (χ1n) is 5.14. The molecule has 0 aliphatic carbocycles. The molecule has 0 fully saturated rings. The third-order valence-electron chi connectivity index (χ3n) is 2.33. The van der Waals surface area contributed by atoms with E-state index in [1.54, 1.807) is 12.1 Å². The van der Waals surface area contributed by atoms with Gasteiger partial charge in [-0.2, -0.15) is 0 Å². The molecule has 3 N–H and O–H groups in total. The van der Waals surface area contributed by atoms with E-state index in [0.29, 0.717) is 5.56 Å². The van der Waals surface area contributed by atoms with E-state index < -0.39 is 0 Å². The van der Waals surface area contributed by atoms with Crippen LogP contribution in [-0.4, -0.2) is 12.1 Å². The Hall–Kier alpha value is -1.35. The van der Waals surface area contributed by atoms with Crippen molar-refractivity contribution in [2.75, 3.05) is 0 Å². The minimum absolute atomic E-state index is 0.115. The van der Waals surface area contributed by atoms with Gasteiger partial charge in [-0.1, -0.05) is 31.5 Å². The van der Waals surface area contributed by atoms with Crippen LogP contribution in [0.5, 0.6) is 0 Å². The summed E-state index contributed by atoms with van der Waals surface area (Å²) in [4.78, 5) is 11.7. The summed E-state index contributed by atoms with van der Waals surface area (Å²) >= 11 is 0. The Morgan fingerprint density at radius 2 is 1.80 bits per heavy atom. The van der Waals surface area contributed by atoms with Crippen LogP contribution in [0.2, 0.25) is 0 Å². The molecule has 0 aromatic heterocycles. The standard InChI is InChI=1S/C12H18N2O/c1-8(2)11(13)14-12(15)10-6-4-9(3)5-7-10/h4-8,11H,13H2,1-3H3,(H,14,15)/t11-/m0/s1. The Kier molecular flexibility index (Phi) is 3.86.